The average Bonchev–Trinajstić information content (AvgIpc) is 1.37. The molecule has 3 aliphatic rings. The molecule has 3 aliphatic heterocycles. The summed E-state index contributed by atoms with van der Waals surface area (Å²) in [5.41, 5.74) is -4.70. The SMILES string of the molecule is COC(=O)NC(C(=O)NC(Cc1ccc(C#Cc2cnc(N3CC4CCC(C3)N4C3COC3)nc2)cc1)C(CN(Cc1c(F)cc(-c2ccn(C(F)F)n2)cc1F)NC(=O)C(NC(=O)OC)C(C)(C)C(F)(F)F)OC(=O)C(C(C)C)N(C)C)C(C)(C)C(F)(F)F. The second kappa shape index (κ2) is 28.6. The van der Waals surface area contributed by atoms with Gasteiger partial charge in [-0.3, -0.25) is 29.6 Å². The van der Waals surface area contributed by atoms with Crippen molar-refractivity contribution in [3.63, 3.8) is 0 Å². The smallest absolute Gasteiger partial charge is 0.407 e. The van der Waals surface area contributed by atoms with Gasteiger partial charge in [-0.2, -0.15) is 40.2 Å². The number of rotatable bonds is 23. The van der Waals surface area contributed by atoms with Crippen LogP contribution in [0.4, 0.5) is 59.4 Å². The Morgan fingerprint density at radius 1 is 0.756 bits per heavy atom. The minimum Gasteiger partial charge on any atom is -0.458 e. The second-order valence-electron chi connectivity index (χ2n) is 23.9. The topological polar surface area (TPSA) is 227 Å². The van der Waals surface area contributed by atoms with E-state index in [1.165, 1.54) is 43.3 Å². The Hall–Kier alpha value is -7.82. The lowest BCUT2D eigenvalue weighted by molar-refractivity contribution is -0.221. The number of esters is 1. The van der Waals surface area contributed by atoms with E-state index in [0.717, 1.165) is 65.6 Å². The number of hydrogen-bond donors (Lipinski definition) is 4. The number of nitrogens with one attached hydrogen (secondary N) is 4. The number of alkyl halides is 8. The number of piperazine rings is 1. The number of halogens is 10. The summed E-state index contributed by atoms with van der Waals surface area (Å²) in [5.74, 6) is -1.28. The molecule has 0 radical (unpaired) electrons. The van der Waals surface area contributed by atoms with Crippen molar-refractivity contribution in [3.05, 3.63) is 94.9 Å². The lowest BCUT2D eigenvalue weighted by atomic mass is 9.82. The van der Waals surface area contributed by atoms with Crippen LogP contribution in [0.3, 0.4) is 0 Å². The van der Waals surface area contributed by atoms with Gasteiger partial charge >= 0.3 is 37.1 Å². The molecule has 0 saturated carbocycles. The predicted molar refractivity (Wildman–Crippen MR) is 303 cm³/mol. The average molecular weight is 1280 g/mol. The van der Waals surface area contributed by atoms with E-state index in [1.807, 2.05) is 10.6 Å². The van der Waals surface area contributed by atoms with Crippen molar-refractivity contribution in [2.24, 2.45) is 16.7 Å². The number of aromatic nitrogens is 4. The van der Waals surface area contributed by atoms with Crippen LogP contribution in [0.2, 0.25) is 0 Å². The van der Waals surface area contributed by atoms with Gasteiger partial charge in [-0.15, -0.1) is 0 Å². The number of likely N-dealkylation sites (N-methyl/N-ethyl adjacent to an activating group) is 1. The minimum atomic E-state index is -5.28. The van der Waals surface area contributed by atoms with E-state index in [4.69, 9.17) is 9.47 Å². The summed E-state index contributed by atoms with van der Waals surface area (Å²) in [6.45, 7) is 3.00. The van der Waals surface area contributed by atoms with Gasteiger partial charge in [-0.05, 0) is 103 Å². The van der Waals surface area contributed by atoms with Crippen molar-refractivity contribution in [2.75, 3.05) is 66.1 Å². The van der Waals surface area contributed by atoms with E-state index in [0.29, 0.717) is 80.0 Å². The number of ether oxygens (including phenoxy) is 4. The summed E-state index contributed by atoms with van der Waals surface area (Å²) in [6.07, 6.45) is -9.96. The summed E-state index contributed by atoms with van der Waals surface area (Å²) >= 11 is 0. The van der Waals surface area contributed by atoms with Crippen LogP contribution in [0.1, 0.15) is 83.2 Å². The zero-order valence-electron chi connectivity index (χ0n) is 50.9. The molecule has 2 aromatic heterocycles. The molecular formula is C59H72F10N12O9. The molecule has 3 saturated heterocycles. The normalized spacial score (nSPS) is 18.2. The predicted octanol–water partition coefficient (Wildman–Crippen LogP) is 7.15. The van der Waals surface area contributed by atoms with Crippen molar-refractivity contribution in [2.45, 2.75) is 135 Å². The first-order chi connectivity index (χ1) is 42.1. The third kappa shape index (κ3) is 16.4. The second-order valence-corrected chi connectivity index (χ2v) is 23.9. The van der Waals surface area contributed by atoms with Crippen LogP contribution in [0.25, 0.3) is 11.3 Å². The molecule has 492 valence electrons. The molecule has 2 bridgehead atoms. The molecule has 4 amide bonds. The van der Waals surface area contributed by atoms with Gasteiger partial charge in [0, 0.05) is 67.0 Å². The number of hydrazine groups is 1. The van der Waals surface area contributed by atoms with E-state index >= 15 is 8.78 Å². The lowest BCUT2D eigenvalue weighted by Crippen LogP contribution is -2.64. The Morgan fingerprint density at radius 3 is 1.76 bits per heavy atom. The molecule has 5 heterocycles. The van der Waals surface area contributed by atoms with Crippen LogP contribution < -0.4 is 26.3 Å². The highest BCUT2D eigenvalue weighted by molar-refractivity contribution is 5.87. The highest BCUT2D eigenvalue weighted by Crippen LogP contribution is 2.42. The third-order valence-electron chi connectivity index (χ3n) is 16.3. The molecule has 90 heavy (non-hydrogen) atoms. The van der Waals surface area contributed by atoms with Crippen LogP contribution in [-0.2, 0) is 46.3 Å². The van der Waals surface area contributed by atoms with E-state index in [1.54, 1.807) is 26.2 Å². The molecule has 7 unspecified atom stereocenters. The maximum absolute atomic E-state index is 16.5. The number of benzene rings is 2. The molecule has 21 nitrogen and oxygen atoms in total. The van der Waals surface area contributed by atoms with Gasteiger partial charge in [0.05, 0.1) is 68.1 Å². The van der Waals surface area contributed by atoms with Crippen molar-refractivity contribution in [3.8, 4) is 23.1 Å². The standard InChI is InChI=1S/C59H72F10N12O9/c1-32(2)46(77(7)8)51(84)90-45(29-79(76-50(83)48(74-55(86)88-10)57(5,6)59(67,68)69)28-40-41(60)22-36(23-42(40)61)43-19-20-80(75-43)52(62)63)44(72-49(82)47(73-54(85)87-9)56(3,4)58(64,65)66)21-34-14-11-33(12-15-34)13-16-35-24-70-53(71-25-35)78-26-37-17-18-38(27-78)81(37)39-30-89-31-39/h11-12,14-15,19-20,22-25,32,37-39,44-48,52H,17-18,21,26-31H2,1-10H3,(H,72,82)(H,73,85)(H,74,86)(H,76,83). The van der Waals surface area contributed by atoms with Crippen LogP contribution in [0, 0.1) is 40.2 Å². The molecular weight excluding hydrogens is 1210 g/mol. The molecule has 0 aliphatic carbocycles. The van der Waals surface area contributed by atoms with Crippen molar-refractivity contribution in [1.29, 1.82) is 0 Å². The lowest BCUT2D eigenvalue weighted by Gasteiger charge is -2.47. The van der Waals surface area contributed by atoms with E-state index < -0.39 is 133 Å². The zero-order valence-corrected chi connectivity index (χ0v) is 50.9. The largest absolute Gasteiger partial charge is 0.458 e. The monoisotopic (exact) mass is 1280 g/mol. The van der Waals surface area contributed by atoms with Gasteiger partial charge in [0.2, 0.25) is 11.9 Å². The first kappa shape index (κ1) is 69.7. The first-order valence-corrected chi connectivity index (χ1v) is 28.5. The third-order valence-corrected chi connectivity index (χ3v) is 16.3. The molecule has 4 aromatic rings. The fraction of sp³-hybridized carbons (Fsp3) is 0.559. The first-order valence-electron chi connectivity index (χ1n) is 28.5. The van der Waals surface area contributed by atoms with E-state index in [-0.39, 0.29) is 21.5 Å². The minimum absolute atomic E-state index is 0.197. The molecule has 3 fully saturated rings. The Labute approximate surface area is 512 Å². The van der Waals surface area contributed by atoms with Gasteiger partial charge in [0.25, 0.3) is 5.91 Å². The summed E-state index contributed by atoms with van der Waals surface area (Å²) in [6, 6.07) is 1.39. The van der Waals surface area contributed by atoms with Gasteiger partial charge in [0.1, 0.15) is 35.9 Å². The number of alkyl carbamates (subject to hydrolysis) is 2. The number of methoxy groups -OCH3 is 2. The number of carbonyl (C=O) groups is 5. The Bertz CT molecular complexity index is 3200. The Kier molecular flexibility index (Phi) is 22.1. The number of hydrogen-bond acceptors (Lipinski definition) is 16. The van der Waals surface area contributed by atoms with Crippen LogP contribution in [-0.4, -0.2) is 186 Å². The Morgan fingerprint density at radius 2 is 1.29 bits per heavy atom. The molecule has 4 N–H and O–H groups in total. The maximum atomic E-state index is 16.5. The van der Waals surface area contributed by atoms with Gasteiger partial charge in [-0.1, -0.05) is 37.8 Å². The fourth-order valence-corrected chi connectivity index (χ4v) is 11.0. The Balaban J connectivity index is 1.30. The highest BCUT2D eigenvalue weighted by atomic mass is 19.4. The maximum Gasteiger partial charge on any atom is 0.407 e. The number of carbonyl (C=O) groups excluding carboxylic acids is 5. The van der Waals surface area contributed by atoms with Crippen LogP contribution in [0.15, 0.2) is 61.1 Å². The number of amides is 4. The van der Waals surface area contributed by atoms with Gasteiger partial charge < -0.3 is 39.8 Å². The van der Waals surface area contributed by atoms with Gasteiger partial charge in [0.15, 0.2) is 0 Å². The number of anilines is 1. The van der Waals surface area contributed by atoms with Crippen LogP contribution >= 0.6 is 0 Å². The summed E-state index contributed by atoms with van der Waals surface area (Å²) in [7, 11) is 4.58. The van der Waals surface area contributed by atoms with Crippen molar-refractivity contribution < 1.29 is 86.8 Å². The summed E-state index contributed by atoms with van der Waals surface area (Å²) in [4.78, 5) is 84.5. The molecule has 31 heteroatoms. The fourth-order valence-electron chi connectivity index (χ4n) is 11.0. The highest BCUT2D eigenvalue weighted by Gasteiger charge is 2.58. The quantitative estimate of drug-likeness (QED) is 0.0190. The number of nitrogens with zero attached hydrogens (tertiary/aromatic N) is 8. The molecule has 7 atom stereocenters. The van der Waals surface area contributed by atoms with E-state index in [9.17, 15) is 59.1 Å². The molecule has 7 rings (SSSR count). The zero-order chi connectivity index (χ0) is 66.4. The summed E-state index contributed by atoms with van der Waals surface area (Å²) in [5, 5.41) is 10.4. The van der Waals surface area contributed by atoms with Crippen LogP contribution in [0.5, 0.6) is 0 Å². The van der Waals surface area contributed by atoms with Gasteiger partial charge in [-0.25, -0.2) is 38.0 Å². The molecule has 0 spiro atoms. The van der Waals surface area contributed by atoms with E-state index in [2.05, 4.69) is 56.9 Å². The number of fused-ring (bicyclic) bond motifs is 2. The molecule has 2 aromatic carbocycles. The van der Waals surface area contributed by atoms with Crippen molar-refractivity contribution >= 4 is 35.9 Å². The van der Waals surface area contributed by atoms with Crippen molar-refractivity contribution in [1.82, 2.24) is 55.9 Å². The summed E-state index contributed by atoms with van der Waals surface area (Å²) < 4.78 is 170.